The summed E-state index contributed by atoms with van der Waals surface area (Å²) in [6.45, 7) is 1.64. The van der Waals surface area contributed by atoms with Gasteiger partial charge in [0, 0.05) is 10.3 Å². The summed E-state index contributed by atoms with van der Waals surface area (Å²) in [6.07, 6.45) is -9.12. The first-order valence-corrected chi connectivity index (χ1v) is 9.18. The molecule has 0 aliphatic carbocycles. The van der Waals surface area contributed by atoms with Crippen LogP contribution < -0.4 is 0 Å². The minimum Gasteiger partial charge on any atom is -0.200 e. The van der Waals surface area contributed by atoms with E-state index in [2.05, 4.69) is 0 Å². The number of hydrogen-bond acceptors (Lipinski definition) is 0. The van der Waals surface area contributed by atoms with Crippen molar-refractivity contribution in [1.29, 1.82) is 0 Å². The van der Waals surface area contributed by atoms with E-state index in [1.165, 1.54) is 0 Å². The van der Waals surface area contributed by atoms with Gasteiger partial charge in [0.05, 0.1) is 0 Å². The van der Waals surface area contributed by atoms with Gasteiger partial charge in [-0.2, -0.15) is 65.9 Å². The van der Waals surface area contributed by atoms with Gasteiger partial charge < -0.3 is 0 Å². The lowest BCUT2D eigenvalue weighted by Gasteiger charge is -2.41. The highest BCUT2D eigenvalue weighted by atomic mass is 127. The lowest BCUT2D eigenvalue weighted by atomic mass is 9.89. The average Bonchev–Trinajstić information content (AvgIpc) is 2.52. The van der Waals surface area contributed by atoms with Gasteiger partial charge in [0.25, 0.3) is 0 Å². The lowest BCUT2D eigenvalue weighted by Crippen LogP contribution is -2.72. The largest absolute Gasteiger partial charge is 0.460 e. The van der Waals surface area contributed by atoms with Crippen LogP contribution in [0.2, 0.25) is 0 Å². The molecule has 0 aromatic rings. The monoisotopic (exact) mass is 594 g/mol. The Kier molecular flexibility index (Phi) is 8.81. The van der Waals surface area contributed by atoms with E-state index in [1.807, 2.05) is 0 Å². The maximum absolute atomic E-state index is 13.7. The van der Waals surface area contributed by atoms with Crippen molar-refractivity contribution >= 4 is 22.6 Å². The maximum atomic E-state index is 13.7. The number of rotatable bonds is 11. The van der Waals surface area contributed by atoms with Crippen molar-refractivity contribution in [3.63, 3.8) is 0 Å². The van der Waals surface area contributed by atoms with Gasteiger partial charge in [0.1, 0.15) is 0 Å². The van der Waals surface area contributed by atoms with E-state index in [9.17, 15) is 65.9 Å². The Balaban J connectivity index is 6.11. The average molecular weight is 594 g/mol. The molecule has 0 saturated heterocycles. The fourth-order valence-corrected chi connectivity index (χ4v) is 3.12. The van der Waals surface area contributed by atoms with Crippen LogP contribution in [0.1, 0.15) is 39.0 Å². The number of hydrogen-bond donors (Lipinski definition) is 0. The van der Waals surface area contributed by atoms with Gasteiger partial charge in [0.2, 0.25) is 0 Å². The molecule has 0 aromatic carbocycles. The van der Waals surface area contributed by atoms with Gasteiger partial charge in [-0.15, -0.1) is 0 Å². The van der Waals surface area contributed by atoms with E-state index in [0.29, 0.717) is 12.8 Å². The Morgan fingerprint density at radius 3 is 1.30 bits per heavy atom. The first-order valence-electron chi connectivity index (χ1n) is 7.93. The van der Waals surface area contributed by atoms with Crippen molar-refractivity contribution in [2.45, 2.75) is 84.7 Å². The summed E-state index contributed by atoms with van der Waals surface area (Å²) in [6, 6.07) is 0. The summed E-state index contributed by atoms with van der Waals surface area (Å²) in [7, 11) is 0. The van der Waals surface area contributed by atoms with E-state index in [4.69, 9.17) is 0 Å². The number of halogens is 16. The van der Waals surface area contributed by atoms with Crippen LogP contribution in [0.5, 0.6) is 0 Å². The second-order valence-corrected chi connectivity index (χ2v) is 8.13. The molecule has 1 atom stereocenters. The highest BCUT2D eigenvalue weighted by Crippen LogP contribution is 2.62. The maximum Gasteiger partial charge on any atom is 0.460 e. The third-order valence-corrected chi connectivity index (χ3v) is 5.05. The topological polar surface area (TPSA) is 0 Å². The SMILES string of the molecule is CCCCCC(I)CC(F)(F)C(F)(F)C(F)(F)C(F)(F)C(F)(F)C(F)(F)C(F)(F)F. The quantitative estimate of drug-likeness (QED) is 0.0982. The molecular formula is C14H14F15I. The molecule has 0 rings (SSSR count). The molecule has 0 heterocycles. The van der Waals surface area contributed by atoms with Crippen LogP contribution in [0.25, 0.3) is 0 Å². The molecule has 0 N–H and O–H groups in total. The zero-order valence-corrected chi connectivity index (χ0v) is 16.8. The number of alkyl halides is 16. The van der Waals surface area contributed by atoms with Crippen LogP contribution in [0.3, 0.4) is 0 Å². The summed E-state index contributed by atoms with van der Waals surface area (Å²) >= 11 is 1.07. The highest BCUT2D eigenvalue weighted by molar-refractivity contribution is 14.1. The minimum absolute atomic E-state index is 0.119. The number of unbranched alkanes of at least 4 members (excludes halogenated alkanes) is 2. The normalized spacial score (nSPS) is 16.7. The molecule has 0 aromatic heterocycles. The van der Waals surface area contributed by atoms with Crippen molar-refractivity contribution in [3.05, 3.63) is 0 Å². The fourth-order valence-electron chi connectivity index (χ4n) is 2.12. The van der Waals surface area contributed by atoms with Crippen molar-refractivity contribution in [3.8, 4) is 0 Å². The zero-order valence-electron chi connectivity index (χ0n) is 14.7. The molecule has 0 spiro atoms. The van der Waals surface area contributed by atoms with Crippen molar-refractivity contribution in [1.82, 2.24) is 0 Å². The molecule has 182 valence electrons. The van der Waals surface area contributed by atoms with E-state index < -0.39 is 52.1 Å². The Morgan fingerprint density at radius 1 is 0.567 bits per heavy atom. The molecule has 0 bridgehead atoms. The molecule has 0 fully saturated rings. The second-order valence-electron chi connectivity index (χ2n) is 6.37. The predicted octanol–water partition coefficient (Wildman–Crippen LogP) is 8.13. The Morgan fingerprint density at radius 2 is 0.933 bits per heavy atom. The van der Waals surface area contributed by atoms with Crippen molar-refractivity contribution in [2.75, 3.05) is 0 Å². The molecule has 0 radical (unpaired) electrons. The lowest BCUT2D eigenvalue weighted by molar-refractivity contribution is -0.452. The minimum atomic E-state index is -8.21. The van der Waals surface area contributed by atoms with Crippen LogP contribution in [0.4, 0.5) is 65.9 Å². The van der Waals surface area contributed by atoms with Gasteiger partial charge >= 0.3 is 41.7 Å². The molecule has 30 heavy (non-hydrogen) atoms. The van der Waals surface area contributed by atoms with Crippen LogP contribution in [0.15, 0.2) is 0 Å². The van der Waals surface area contributed by atoms with E-state index >= 15 is 0 Å². The first-order chi connectivity index (χ1) is 13.0. The molecule has 0 amide bonds. The van der Waals surface area contributed by atoms with Crippen molar-refractivity contribution in [2.24, 2.45) is 0 Å². The summed E-state index contributed by atoms with van der Waals surface area (Å²) in [5.41, 5.74) is 0. The summed E-state index contributed by atoms with van der Waals surface area (Å²) in [5.74, 6) is -45.9. The van der Waals surface area contributed by atoms with Gasteiger partial charge in [-0.05, 0) is 6.42 Å². The summed E-state index contributed by atoms with van der Waals surface area (Å²) in [5, 5.41) is 0. The van der Waals surface area contributed by atoms with E-state index in [-0.39, 0.29) is 12.8 Å². The molecule has 0 aliphatic rings. The summed E-state index contributed by atoms with van der Waals surface area (Å²) < 4.78 is 194. The van der Waals surface area contributed by atoms with E-state index in [1.54, 1.807) is 6.92 Å². The van der Waals surface area contributed by atoms with Crippen LogP contribution in [-0.2, 0) is 0 Å². The molecule has 0 saturated carbocycles. The predicted molar refractivity (Wildman–Crippen MR) is 82.3 cm³/mol. The Labute approximate surface area is 173 Å². The second kappa shape index (κ2) is 8.90. The third-order valence-electron chi connectivity index (χ3n) is 3.99. The van der Waals surface area contributed by atoms with Gasteiger partial charge in [-0.25, -0.2) is 0 Å². The fraction of sp³-hybridized carbons (Fsp3) is 1.00. The van der Waals surface area contributed by atoms with Crippen LogP contribution in [-0.4, -0.2) is 45.6 Å². The molecule has 16 heteroatoms. The Bertz CT molecular complexity index is 566. The summed E-state index contributed by atoms with van der Waals surface area (Å²) in [4.78, 5) is 0. The van der Waals surface area contributed by atoms with Crippen LogP contribution >= 0.6 is 22.6 Å². The molecule has 1 unspecified atom stereocenters. The van der Waals surface area contributed by atoms with Gasteiger partial charge in [-0.1, -0.05) is 48.8 Å². The first kappa shape index (κ1) is 29.7. The Hall–Kier alpha value is -0.320. The molecule has 0 aliphatic heterocycles. The molecular weight excluding hydrogens is 580 g/mol. The van der Waals surface area contributed by atoms with E-state index in [0.717, 1.165) is 22.6 Å². The van der Waals surface area contributed by atoms with Crippen molar-refractivity contribution < 1.29 is 65.9 Å². The van der Waals surface area contributed by atoms with Crippen LogP contribution in [0, 0.1) is 0 Å². The zero-order chi connectivity index (χ0) is 24.6. The van der Waals surface area contributed by atoms with Gasteiger partial charge in [-0.3, -0.25) is 0 Å². The highest BCUT2D eigenvalue weighted by Gasteiger charge is 2.93. The third kappa shape index (κ3) is 4.86. The standard InChI is InChI=1S/C14H14F15I/c1-2-3-4-5-7(30)6-8(15,16)9(17,18)10(19,20)11(21,22)12(23,24)13(25,26)14(27,28)29/h7H,2-6H2,1H3. The van der Waals surface area contributed by atoms with Gasteiger partial charge in [0.15, 0.2) is 0 Å². The molecule has 0 nitrogen and oxygen atoms in total. The smallest absolute Gasteiger partial charge is 0.200 e.